The number of carbonyl (C=O) groups excluding carboxylic acids is 1. The molecule has 2 aliphatic rings. The van der Waals surface area contributed by atoms with Crippen LogP contribution in [0.4, 0.5) is 13.2 Å². The van der Waals surface area contributed by atoms with Gasteiger partial charge in [0, 0.05) is 45.2 Å². The van der Waals surface area contributed by atoms with Crippen LogP contribution in [0.15, 0.2) is 10.2 Å². The van der Waals surface area contributed by atoms with Gasteiger partial charge in [-0.2, -0.15) is 23.4 Å². The van der Waals surface area contributed by atoms with Crippen molar-refractivity contribution < 1.29 is 18.0 Å². The number of hydrogen-bond donors (Lipinski definition) is 0. The van der Waals surface area contributed by atoms with E-state index in [1.54, 1.807) is 4.90 Å². The molecule has 0 aromatic rings. The first-order chi connectivity index (χ1) is 10.3. The lowest BCUT2D eigenvalue weighted by Gasteiger charge is -2.32. The second-order valence-electron chi connectivity index (χ2n) is 6.03. The van der Waals surface area contributed by atoms with Crippen LogP contribution in [0.1, 0.15) is 44.9 Å². The van der Waals surface area contributed by atoms with E-state index in [0.717, 1.165) is 0 Å². The van der Waals surface area contributed by atoms with Crippen LogP contribution < -0.4 is 0 Å². The molecule has 0 bridgehead atoms. The van der Waals surface area contributed by atoms with Gasteiger partial charge in [0.2, 0.25) is 5.91 Å². The Balaban J connectivity index is 1.69. The maximum atomic E-state index is 12.3. The predicted octanol–water partition coefficient (Wildman–Crippen LogP) is 3.53. The summed E-state index contributed by atoms with van der Waals surface area (Å²) in [6.07, 6.45) is 3.27. The van der Waals surface area contributed by atoms with Gasteiger partial charge in [-0.15, -0.1) is 12.3 Å². The van der Waals surface area contributed by atoms with Crippen molar-refractivity contribution in [3.05, 3.63) is 0 Å². The molecule has 0 unspecified atom stereocenters. The van der Waals surface area contributed by atoms with Gasteiger partial charge in [-0.3, -0.25) is 4.79 Å². The van der Waals surface area contributed by atoms with Crippen LogP contribution in [-0.2, 0) is 4.79 Å². The lowest BCUT2D eigenvalue weighted by molar-refractivity contribution is -0.149. The van der Waals surface area contributed by atoms with Crippen LogP contribution in [0, 0.1) is 18.3 Å². The third-order valence-corrected chi connectivity index (χ3v) is 4.28. The summed E-state index contributed by atoms with van der Waals surface area (Å²) in [5, 5.41) is 7.95. The van der Waals surface area contributed by atoms with E-state index in [-0.39, 0.29) is 11.8 Å². The first-order valence-electron chi connectivity index (χ1n) is 7.56. The second kappa shape index (κ2) is 6.67. The highest BCUT2D eigenvalue weighted by molar-refractivity contribution is 5.76. The van der Waals surface area contributed by atoms with Gasteiger partial charge in [0.05, 0.1) is 0 Å². The molecule has 0 saturated carbocycles. The number of amides is 1. The molecule has 122 valence electrons. The standard InChI is InChI=1S/C15H20F3N3O/c1-2-3-7-14(19-20-14)8-4-13(22)21-9-5-12(6-10-21)11-15(16,17)18/h1,12H,3-11H2. The number of likely N-dealkylation sites (tertiary alicyclic amines) is 1. The van der Waals surface area contributed by atoms with Crippen molar-refractivity contribution in [3.63, 3.8) is 0 Å². The van der Waals surface area contributed by atoms with Gasteiger partial charge in [-0.1, -0.05) is 0 Å². The predicted molar refractivity (Wildman–Crippen MR) is 74.9 cm³/mol. The summed E-state index contributed by atoms with van der Waals surface area (Å²) < 4.78 is 37.0. The fourth-order valence-electron chi connectivity index (χ4n) is 2.85. The summed E-state index contributed by atoms with van der Waals surface area (Å²) in [5.41, 5.74) is -0.476. The van der Waals surface area contributed by atoms with E-state index >= 15 is 0 Å². The number of alkyl halides is 3. The minimum absolute atomic E-state index is 0.0251. The quantitative estimate of drug-likeness (QED) is 0.692. The van der Waals surface area contributed by atoms with Crippen molar-refractivity contribution in [2.24, 2.45) is 16.1 Å². The van der Waals surface area contributed by atoms with E-state index in [0.29, 0.717) is 51.6 Å². The van der Waals surface area contributed by atoms with Crippen LogP contribution in [-0.4, -0.2) is 35.7 Å². The van der Waals surface area contributed by atoms with Crippen molar-refractivity contribution in [2.75, 3.05) is 13.1 Å². The zero-order valence-corrected chi connectivity index (χ0v) is 12.4. The molecule has 0 radical (unpaired) electrons. The Morgan fingerprint density at radius 2 is 1.91 bits per heavy atom. The molecule has 2 aliphatic heterocycles. The maximum absolute atomic E-state index is 12.3. The maximum Gasteiger partial charge on any atom is 0.389 e. The van der Waals surface area contributed by atoms with Gasteiger partial charge in [0.1, 0.15) is 0 Å². The molecule has 1 saturated heterocycles. The Labute approximate surface area is 128 Å². The minimum atomic E-state index is -4.12. The highest BCUT2D eigenvalue weighted by Crippen LogP contribution is 2.38. The van der Waals surface area contributed by atoms with Gasteiger partial charge in [0.15, 0.2) is 5.66 Å². The fraction of sp³-hybridized carbons (Fsp3) is 0.800. The molecule has 4 nitrogen and oxygen atoms in total. The first kappa shape index (κ1) is 16.8. The van der Waals surface area contributed by atoms with Gasteiger partial charge in [-0.25, -0.2) is 0 Å². The van der Waals surface area contributed by atoms with Crippen LogP contribution in [0.5, 0.6) is 0 Å². The van der Waals surface area contributed by atoms with Crippen LogP contribution in [0.2, 0.25) is 0 Å². The molecule has 2 heterocycles. The molecule has 0 aromatic heterocycles. The molecule has 0 aromatic carbocycles. The summed E-state index contributed by atoms with van der Waals surface area (Å²) in [5.74, 6) is 2.14. The monoisotopic (exact) mass is 315 g/mol. The lowest BCUT2D eigenvalue weighted by Crippen LogP contribution is -2.39. The highest BCUT2D eigenvalue weighted by atomic mass is 19.4. The number of nitrogens with zero attached hydrogens (tertiary/aromatic N) is 3. The summed E-state index contributed by atoms with van der Waals surface area (Å²) >= 11 is 0. The second-order valence-corrected chi connectivity index (χ2v) is 6.03. The van der Waals surface area contributed by atoms with E-state index in [9.17, 15) is 18.0 Å². The van der Waals surface area contributed by atoms with Crippen molar-refractivity contribution in [3.8, 4) is 12.3 Å². The third-order valence-electron chi connectivity index (χ3n) is 4.28. The lowest BCUT2D eigenvalue weighted by atomic mass is 9.93. The number of halogens is 3. The molecule has 7 heteroatoms. The van der Waals surface area contributed by atoms with Crippen LogP contribution in [0.25, 0.3) is 0 Å². The van der Waals surface area contributed by atoms with E-state index < -0.39 is 18.3 Å². The third kappa shape index (κ3) is 5.00. The Morgan fingerprint density at radius 3 is 2.41 bits per heavy atom. The van der Waals surface area contributed by atoms with Crippen molar-refractivity contribution >= 4 is 5.91 Å². The topological polar surface area (TPSA) is 45.0 Å². The molecular formula is C15H20F3N3O. The molecule has 1 fully saturated rings. The van der Waals surface area contributed by atoms with Crippen molar-refractivity contribution in [1.29, 1.82) is 0 Å². The minimum Gasteiger partial charge on any atom is -0.343 e. The number of hydrogen-bond acceptors (Lipinski definition) is 3. The van der Waals surface area contributed by atoms with E-state index in [1.807, 2.05) is 0 Å². The number of carbonyl (C=O) groups is 1. The molecule has 0 aliphatic carbocycles. The summed E-state index contributed by atoms with van der Waals surface area (Å²) in [4.78, 5) is 13.8. The van der Waals surface area contributed by atoms with Crippen LogP contribution >= 0.6 is 0 Å². The summed E-state index contributed by atoms with van der Waals surface area (Å²) in [7, 11) is 0. The Hall–Kier alpha value is -1.58. The molecule has 0 spiro atoms. The van der Waals surface area contributed by atoms with Crippen LogP contribution in [0.3, 0.4) is 0 Å². The number of piperidine rings is 1. The molecule has 22 heavy (non-hydrogen) atoms. The van der Waals surface area contributed by atoms with Crippen molar-refractivity contribution in [1.82, 2.24) is 4.90 Å². The number of rotatable bonds is 6. The molecule has 0 N–H and O–H groups in total. The average molecular weight is 315 g/mol. The Morgan fingerprint density at radius 1 is 1.27 bits per heavy atom. The number of terminal acetylenes is 1. The normalized spacial score (nSPS) is 20.7. The average Bonchev–Trinajstić information content (AvgIpc) is 3.22. The largest absolute Gasteiger partial charge is 0.389 e. The van der Waals surface area contributed by atoms with E-state index in [2.05, 4.69) is 16.1 Å². The SMILES string of the molecule is C#CCCC1(CCC(=O)N2CCC(CC(F)(F)F)CC2)N=N1. The summed E-state index contributed by atoms with van der Waals surface area (Å²) in [6.45, 7) is 0.816. The van der Waals surface area contributed by atoms with Gasteiger partial charge in [-0.05, 0) is 18.8 Å². The van der Waals surface area contributed by atoms with E-state index in [4.69, 9.17) is 6.42 Å². The van der Waals surface area contributed by atoms with Gasteiger partial charge < -0.3 is 4.90 Å². The highest BCUT2D eigenvalue weighted by Gasteiger charge is 2.40. The van der Waals surface area contributed by atoms with Crippen molar-refractivity contribution in [2.45, 2.75) is 56.8 Å². The summed E-state index contributed by atoms with van der Waals surface area (Å²) in [6, 6.07) is 0. The Kier molecular flexibility index (Phi) is 5.09. The smallest absolute Gasteiger partial charge is 0.343 e. The zero-order chi connectivity index (χ0) is 16.2. The fourth-order valence-corrected chi connectivity index (χ4v) is 2.85. The van der Waals surface area contributed by atoms with Gasteiger partial charge >= 0.3 is 6.18 Å². The zero-order valence-electron chi connectivity index (χ0n) is 12.4. The molecule has 2 rings (SSSR count). The van der Waals surface area contributed by atoms with E-state index in [1.165, 1.54) is 0 Å². The Bertz CT molecular complexity index is 467. The molecular weight excluding hydrogens is 295 g/mol. The molecule has 0 atom stereocenters. The molecule has 1 amide bonds. The first-order valence-corrected chi connectivity index (χ1v) is 7.56. The van der Waals surface area contributed by atoms with Gasteiger partial charge in [0.25, 0.3) is 0 Å².